The van der Waals surface area contributed by atoms with Gasteiger partial charge in [0.15, 0.2) is 0 Å². The van der Waals surface area contributed by atoms with Crippen LogP contribution >= 0.6 is 0 Å². The van der Waals surface area contributed by atoms with Crippen LogP contribution in [0, 0.1) is 0 Å². The molecule has 1 N–H and O–H groups in total. The molecule has 2 heterocycles. The summed E-state index contributed by atoms with van der Waals surface area (Å²) in [5, 5.41) is 1.29. The average Bonchev–Trinajstić information content (AvgIpc) is 2.92. The van der Waals surface area contributed by atoms with Crippen LogP contribution in [0.3, 0.4) is 0 Å². The summed E-state index contributed by atoms with van der Waals surface area (Å²) in [4.78, 5) is 17.4. The van der Waals surface area contributed by atoms with E-state index < -0.39 is 0 Å². The van der Waals surface area contributed by atoms with Crippen LogP contribution in [0.15, 0.2) is 30.5 Å². The minimum atomic E-state index is 0.338. The lowest BCUT2D eigenvalue weighted by molar-refractivity contribution is -0.132. The molecular weight excluding hydrogens is 248 g/mol. The molecule has 1 fully saturated rings. The Morgan fingerprint density at radius 3 is 2.80 bits per heavy atom. The Morgan fingerprint density at radius 1 is 1.15 bits per heavy atom. The first-order valence-corrected chi connectivity index (χ1v) is 7.67. The summed E-state index contributed by atoms with van der Waals surface area (Å²) in [5.74, 6) is 0.338. The van der Waals surface area contributed by atoms with Gasteiger partial charge in [-0.15, -0.1) is 0 Å². The number of rotatable bonds is 4. The van der Waals surface area contributed by atoms with Crippen molar-refractivity contribution in [3.63, 3.8) is 0 Å². The number of nitrogens with zero attached hydrogens (tertiary/aromatic N) is 1. The van der Waals surface area contributed by atoms with Crippen molar-refractivity contribution in [2.45, 2.75) is 38.5 Å². The number of benzene rings is 1. The molecule has 1 amide bonds. The Bertz CT molecular complexity index is 581. The maximum atomic E-state index is 12.1. The molecule has 0 bridgehead atoms. The zero-order valence-corrected chi connectivity index (χ0v) is 11.9. The molecule has 0 radical (unpaired) electrons. The topological polar surface area (TPSA) is 36.1 Å². The number of hydrogen-bond donors (Lipinski definition) is 1. The van der Waals surface area contributed by atoms with Crippen molar-refractivity contribution >= 4 is 16.8 Å². The van der Waals surface area contributed by atoms with Gasteiger partial charge in [0, 0.05) is 36.6 Å². The van der Waals surface area contributed by atoms with Gasteiger partial charge < -0.3 is 9.88 Å². The standard InChI is InChI=1S/C17H22N2O/c20-17(19-11-4-1-5-12-19)10-6-7-14-13-18-16-9-3-2-8-15(14)16/h2-3,8-9,13,18H,1,4-7,10-12H2. The molecule has 0 aliphatic carbocycles. The van der Waals surface area contributed by atoms with Crippen LogP contribution in [0.1, 0.15) is 37.7 Å². The van der Waals surface area contributed by atoms with Crippen LogP contribution in [0.25, 0.3) is 10.9 Å². The number of fused-ring (bicyclic) bond motifs is 1. The van der Waals surface area contributed by atoms with Gasteiger partial charge in [0.1, 0.15) is 0 Å². The molecule has 3 heteroatoms. The monoisotopic (exact) mass is 270 g/mol. The zero-order chi connectivity index (χ0) is 13.8. The van der Waals surface area contributed by atoms with E-state index in [0.717, 1.165) is 25.9 Å². The summed E-state index contributed by atoms with van der Waals surface area (Å²) in [7, 11) is 0. The smallest absolute Gasteiger partial charge is 0.222 e. The number of piperidine rings is 1. The van der Waals surface area contributed by atoms with Crippen molar-refractivity contribution < 1.29 is 4.79 Å². The van der Waals surface area contributed by atoms with Crippen molar-refractivity contribution in [3.05, 3.63) is 36.0 Å². The third-order valence-electron chi connectivity index (χ3n) is 4.22. The number of H-pyrrole nitrogens is 1. The highest BCUT2D eigenvalue weighted by Gasteiger charge is 2.15. The van der Waals surface area contributed by atoms with Crippen molar-refractivity contribution in [3.8, 4) is 0 Å². The minimum absolute atomic E-state index is 0.338. The zero-order valence-electron chi connectivity index (χ0n) is 11.9. The first-order chi connectivity index (χ1) is 9.84. The van der Waals surface area contributed by atoms with Gasteiger partial charge in [-0.25, -0.2) is 0 Å². The van der Waals surface area contributed by atoms with Crippen LogP contribution < -0.4 is 0 Å². The van der Waals surface area contributed by atoms with Crippen molar-refractivity contribution in [2.24, 2.45) is 0 Å². The van der Waals surface area contributed by atoms with Gasteiger partial charge in [-0.2, -0.15) is 0 Å². The Balaban J connectivity index is 1.53. The molecule has 0 spiro atoms. The number of amides is 1. The Hall–Kier alpha value is -1.77. The van der Waals surface area contributed by atoms with Crippen molar-refractivity contribution in [1.29, 1.82) is 0 Å². The summed E-state index contributed by atoms with van der Waals surface area (Å²) in [6, 6.07) is 8.35. The van der Waals surface area contributed by atoms with E-state index in [4.69, 9.17) is 0 Å². The number of aromatic amines is 1. The first-order valence-electron chi connectivity index (χ1n) is 7.67. The molecule has 2 aromatic rings. The predicted octanol–water partition coefficient (Wildman–Crippen LogP) is 3.50. The van der Waals surface area contributed by atoms with Gasteiger partial charge in [-0.1, -0.05) is 18.2 Å². The van der Waals surface area contributed by atoms with E-state index in [1.54, 1.807) is 0 Å². The Morgan fingerprint density at radius 2 is 1.95 bits per heavy atom. The second kappa shape index (κ2) is 6.12. The summed E-state index contributed by atoms with van der Waals surface area (Å²) < 4.78 is 0. The lowest BCUT2D eigenvalue weighted by Gasteiger charge is -2.26. The fourth-order valence-corrected chi connectivity index (χ4v) is 3.07. The van der Waals surface area contributed by atoms with Crippen LogP contribution in [-0.2, 0) is 11.2 Å². The fourth-order valence-electron chi connectivity index (χ4n) is 3.07. The van der Waals surface area contributed by atoms with Crippen LogP contribution in [0.2, 0.25) is 0 Å². The normalized spacial score (nSPS) is 15.7. The molecule has 3 nitrogen and oxygen atoms in total. The van der Waals surface area contributed by atoms with E-state index in [0.29, 0.717) is 12.3 Å². The number of carbonyl (C=O) groups excluding carboxylic acids is 1. The second-order valence-corrected chi connectivity index (χ2v) is 5.65. The SMILES string of the molecule is O=C(CCCc1c[nH]c2ccccc12)N1CCCCC1. The summed E-state index contributed by atoms with van der Waals surface area (Å²) >= 11 is 0. The number of hydrogen-bond acceptors (Lipinski definition) is 1. The molecule has 20 heavy (non-hydrogen) atoms. The van der Waals surface area contributed by atoms with E-state index in [1.165, 1.54) is 35.7 Å². The molecule has 0 atom stereocenters. The molecule has 1 aliphatic rings. The van der Waals surface area contributed by atoms with Crippen molar-refractivity contribution in [1.82, 2.24) is 9.88 Å². The Kier molecular flexibility index (Phi) is 4.05. The lowest BCUT2D eigenvalue weighted by Crippen LogP contribution is -2.35. The quantitative estimate of drug-likeness (QED) is 0.907. The molecule has 0 unspecified atom stereocenters. The molecule has 1 aliphatic heterocycles. The van der Waals surface area contributed by atoms with Crippen molar-refractivity contribution in [2.75, 3.05) is 13.1 Å². The molecule has 1 saturated heterocycles. The highest BCUT2D eigenvalue weighted by molar-refractivity contribution is 5.83. The van der Waals surface area contributed by atoms with Gasteiger partial charge >= 0.3 is 0 Å². The second-order valence-electron chi connectivity index (χ2n) is 5.65. The van der Waals surface area contributed by atoms with E-state index in [1.807, 2.05) is 11.0 Å². The highest BCUT2D eigenvalue weighted by atomic mass is 16.2. The first kappa shape index (κ1) is 13.2. The predicted molar refractivity (Wildman–Crippen MR) is 81.7 cm³/mol. The third-order valence-corrected chi connectivity index (χ3v) is 4.22. The fraction of sp³-hybridized carbons (Fsp3) is 0.471. The number of likely N-dealkylation sites (tertiary alicyclic amines) is 1. The maximum absolute atomic E-state index is 12.1. The minimum Gasteiger partial charge on any atom is -0.361 e. The van der Waals surface area contributed by atoms with Gasteiger partial charge in [-0.05, 0) is 43.7 Å². The van der Waals surface area contributed by atoms with E-state index >= 15 is 0 Å². The van der Waals surface area contributed by atoms with E-state index in [2.05, 4.69) is 29.4 Å². The Labute approximate surface area is 120 Å². The molecule has 1 aromatic heterocycles. The number of nitrogens with one attached hydrogen (secondary N) is 1. The lowest BCUT2D eigenvalue weighted by atomic mass is 10.1. The molecular formula is C17H22N2O. The number of aromatic nitrogens is 1. The number of aryl methyl sites for hydroxylation is 1. The maximum Gasteiger partial charge on any atom is 0.222 e. The third kappa shape index (κ3) is 2.87. The summed E-state index contributed by atoms with van der Waals surface area (Å²) in [6.45, 7) is 1.93. The van der Waals surface area contributed by atoms with Crippen LogP contribution in [0.5, 0.6) is 0 Å². The molecule has 0 saturated carbocycles. The average molecular weight is 270 g/mol. The molecule has 3 rings (SSSR count). The molecule has 1 aromatic carbocycles. The van der Waals surface area contributed by atoms with Gasteiger partial charge in [-0.3, -0.25) is 4.79 Å². The van der Waals surface area contributed by atoms with Gasteiger partial charge in [0.05, 0.1) is 0 Å². The van der Waals surface area contributed by atoms with Crippen LogP contribution in [0.4, 0.5) is 0 Å². The summed E-state index contributed by atoms with van der Waals surface area (Å²) in [5.41, 5.74) is 2.51. The summed E-state index contributed by atoms with van der Waals surface area (Å²) in [6.07, 6.45) is 8.30. The largest absolute Gasteiger partial charge is 0.361 e. The van der Waals surface area contributed by atoms with E-state index in [9.17, 15) is 4.79 Å². The molecule has 106 valence electrons. The van der Waals surface area contributed by atoms with E-state index in [-0.39, 0.29) is 0 Å². The number of para-hydroxylation sites is 1. The van der Waals surface area contributed by atoms with Crippen LogP contribution in [-0.4, -0.2) is 28.9 Å². The highest BCUT2D eigenvalue weighted by Crippen LogP contribution is 2.20. The van der Waals surface area contributed by atoms with Gasteiger partial charge in [0.2, 0.25) is 5.91 Å². The van der Waals surface area contributed by atoms with Gasteiger partial charge in [0.25, 0.3) is 0 Å². The number of carbonyl (C=O) groups is 1.